The molecule has 0 saturated heterocycles. The molecule has 0 aliphatic carbocycles. The van der Waals surface area contributed by atoms with Crippen LogP contribution >= 0.6 is 11.3 Å². The fourth-order valence-corrected chi connectivity index (χ4v) is 4.43. The molecule has 29 heavy (non-hydrogen) atoms. The Morgan fingerprint density at radius 1 is 1.17 bits per heavy atom. The van der Waals surface area contributed by atoms with Gasteiger partial charge in [0.05, 0.1) is 27.8 Å². The van der Waals surface area contributed by atoms with Crippen LogP contribution in [-0.4, -0.2) is 32.7 Å². The standard InChI is InChI=1S/C19H14N2O6S2/c1-26-10-3-5-12-13(9-17(22)27-15(12)7-10)18(23)21-19-20-14-6-4-11(29(2,24)25)8-16(14)28-19/h3-9H,1-2H3,(H,20,21,23). The first-order chi connectivity index (χ1) is 13.7. The summed E-state index contributed by atoms with van der Waals surface area (Å²) in [5.74, 6) is -0.0403. The van der Waals surface area contributed by atoms with E-state index < -0.39 is 21.4 Å². The van der Waals surface area contributed by atoms with Crippen molar-refractivity contribution in [1.82, 2.24) is 4.98 Å². The van der Waals surface area contributed by atoms with E-state index in [0.29, 0.717) is 21.4 Å². The Balaban J connectivity index is 1.72. The Morgan fingerprint density at radius 3 is 2.69 bits per heavy atom. The number of anilines is 1. The minimum Gasteiger partial charge on any atom is -0.497 e. The molecule has 0 saturated carbocycles. The van der Waals surface area contributed by atoms with E-state index in [1.54, 1.807) is 18.2 Å². The number of nitrogens with one attached hydrogen (secondary N) is 1. The number of nitrogens with zero attached hydrogens (tertiary/aromatic N) is 1. The number of ether oxygens (including phenoxy) is 1. The van der Waals surface area contributed by atoms with E-state index in [4.69, 9.17) is 9.15 Å². The van der Waals surface area contributed by atoms with Gasteiger partial charge in [0.1, 0.15) is 11.3 Å². The molecule has 1 amide bonds. The highest BCUT2D eigenvalue weighted by molar-refractivity contribution is 7.90. The first-order valence-corrected chi connectivity index (χ1v) is 11.0. The Bertz CT molecular complexity index is 1440. The van der Waals surface area contributed by atoms with E-state index in [-0.39, 0.29) is 21.2 Å². The average Bonchev–Trinajstić information content (AvgIpc) is 3.07. The first kappa shape index (κ1) is 19.1. The molecule has 0 aliphatic heterocycles. The maximum atomic E-state index is 12.8. The number of hydrogen-bond donors (Lipinski definition) is 1. The third-order valence-electron chi connectivity index (χ3n) is 4.20. The van der Waals surface area contributed by atoms with Crippen LogP contribution in [0.4, 0.5) is 5.13 Å². The van der Waals surface area contributed by atoms with Gasteiger partial charge in [-0.25, -0.2) is 18.2 Å². The van der Waals surface area contributed by atoms with Crippen molar-refractivity contribution in [3.63, 3.8) is 0 Å². The van der Waals surface area contributed by atoms with Gasteiger partial charge in [-0.15, -0.1) is 0 Å². The number of methoxy groups -OCH3 is 1. The van der Waals surface area contributed by atoms with E-state index >= 15 is 0 Å². The molecule has 8 nitrogen and oxygen atoms in total. The minimum atomic E-state index is -3.35. The van der Waals surface area contributed by atoms with Gasteiger partial charge in [-0.2, -0.15) is 0 Å². The zero-order valence-corrected chi connectivity index (χ0v) is 16.9. The molecule has 0 aliphatic rings. The van der Waals surface area contributed by atoms with Gasteiger partial charge in [0, 0.05) is 23.8 Å². The number of hydrogen-bond acceptors (Lipinski definition) is 8. The summed E-state index contributed by atoms with van der Waals surface area (Å²) in [7, 11) is -1.87. The molecule has 148 valence electrons. The summed E-state index contributed by atoms with van der Waals surface area (Å²) in [4.78, 5) is 29.1. The minimum absolute atomic E-state index is 0.134. The zero-order valence-electron chi connectivity index (χ0n) is 15.3. The fourth-order valence-electron chi connectivity index (χ4n) is 2.81. The van der Waals surface area contributed by atoms with Crippen LogP contribution in [0.1, 0.15) is 10.4 Å². The monoisotopic (exact) mass is 430 g/mol. The van der Waals surface area contributed by atoms with E-state index in [1.165, 1.54) is 25.3 Å². The van der Waals surface area contributed by atoms with E-state index in [9.17, 15) is 18.0 Å². The van der Waals surface area contributed by atoms with Crippen molar-refractivity contribution in [3.05, 3.63) is 58.4 Å². The SMILES string of the molecule is COc1ccc2c(C(=O)Nc3nc4ccc(S(C)(=O)=O)cc4s3)cc(=O)oc2c1. The Labute approximate surface area is 168 Å². The van der Waals surface area contributed by atoms with Crippen LogP contribution in [0.3, 0.4) is 0 Å². The predicted octanol–water partition coefficient (Wildman–Crippen LogP) is 3.07. The first-order valence-electron chi connectivity index (χ1n) is 8.28. The molecule has 0 unspecified atom stereocenters. The van der Waals surface area contributed by atoms with Crippen molar-refractivity contribution < 1.29 is 22.4 Å². The van der Waals surface area contributed by atoms with Crippen molar-refractivity contribution in [3.8, 4) is 5.75 Å². The van der Waals surface area contributed by atoms with Gasteiger partial charge in [0.25, 0.3) is 5.91 Å². The third-order valence-corrected chi connectivity index (χ3v) is 6.25. The van der Waals surface area contributed by atoms with Crippen LogP contribution in [0.5, 0.6) is 5.75 Å². The number of carbonyl (C=O) groups excluding carboxylic acids is 1. The quantitative estimate of drug-likeness (QED) is 0.495. The number of benzene rings is 2. The molecule has 0 atom stereocenters. The van der Waals surface area contributed by atoms with Gasteiger partial charge in [0.15, 0.2) is 15.0 Å². The number of fused-ring (bicyclic) bond motifs is 2. The third kappa shape index (κ3) is 3.71. The number of aromatic nitrogens is 1. The Hall–Kier alpha value is -3.24. The van der Waals surface area contributed by atoms with Crippen LogP contribution < -0.4 is 15.7 Å². The molecule has 4 aromatic rings. The summed E-state index contributed by atoms with van der Waals surface area (Å²) in [6.07, 6.45) is 1.12. The summed E-state index contributed by atoms with van der Waals surface area (Å²) < 4.78 is 34.3. The molecule has 0 radical (unpaired) electrons. The summed E-state index contributed by atoms with van der Waals surface area (Å²) in [6, 6.07) is 10.5. The highest BCUT2D eigenvalue weighted by Gasteiger charge is 2.17. The smallest absolute Gasteiger partial charge is 0.337 e. The van der Waals surface area contributed by atoms with Gasteiger partial charge in [-0.3, -0.25) is 10.1 Å². The van der Waals surface area contributed by atoms with Crippen molar-refractivity contribution in [2.24, 2.45) is 0 Å². The van der Waals surface area contributed by atoms with E-state index in [2.05, 4.69) is 10.3 Å². The lowest BCUT2D eigenvalue weighted by atomic mass is 10.1. The van der Waals surface area contributed by atoms with Crippen molar-refractivity contribution in [1.29, 1.82) is 0 Å². The number of carbonyl (C=O) groups is 1. The summed E-state index contributed by atoms with van der Waals surface area (Å²) in [5, 5.41) is 3.39. The second-order valence-corrected chi connectivity index (χ2v) is 9.26. The maximum absolute atomic E-state index is 12.8. The largest absolute Gasteiger partial charge is 0.497 e. The molecular formula is C19H14N2O6S2. The van der Waals surface area contributed by atoms with E-state index in [0.717, 1.165) is 23.7 Å². The van der Waals surface area contributed by atoms with Crippen molar-refractivity contribution >= 4 is 53.4 Å². The van der Waals surface area contributed by atoms with Gasteiger partial charge in [0.2, 0.25) is 0 Å². The highest BCUT2D eigenvalue weighted by atomic mass is 32.2. The molecule has 1 N–H and O–H groups in total. The second-order valence-electron chi connectivity index (χ2n) is 6.22. The highest BCUT2D eigenvalue weighted by Crippen LogP contribution is 2.29. The Kier molecular flexibility index (Phi) is 4.59. The molecular weight excluding hydrogens is 416 g/mol. The van der Waals surface area contributed by atoms with Crippen LogP contribution in [0.25, 0.3) is 21.2 Å². The van der Waals surface area contributed by atoms with Gasteiger partial charge in [-0.05, 0) is 30.3 Å². The summed E-state index contributed by atoms with van der Waals surface area (Å²) in [6.45, 7) is 0. The Morgan fingerprint density at radius 2 is 1.97 bits per heavy atom. The molecule has 4 rings (SSSR count). The lowest BCUT2D eigenvalue weighted by Gasteiger charge is -2.06. The average molecular weight is 430 g/mol. The normalized spacial score (nSPS) is 11.7. The van der Waals surface area contributed by atoms with Crippen LogP contribution in [0.2, 0.25) is 0 Å². The molecule has 2 aromatic heterocycles. The lowest BCUT2D eigenvalue weighted by Crippen LogP contribution is -2.15. The molecule has 2 aromatic carbocycles. The van der Waals surface area contributed by atoms with Crippen LogP contribution in [-0.2, 0) is 9.84 Å². The lowest BCUT2D eigenvalue weighted by molar-refractivity contribution is 0.102. The van der Waals surface area contributed by atoms with Gasteiger partial charge >= 0.3 is 5.63 Å². The predicted molar refractivity (Wildman–Crippen MR) is 110 cm³/mol. The second kappa shape index (κ2) is 6.98. The van der Waals surface area contributed by atoms with Crippen LogP contribution in [0.15, 0.2) is 56.6 Å². The molecule has 0 spiro atoms. The molecule has 10 heteroatoms. The number of rotatable bonds is 4. The maximum Gasteiger partial charge on any atom is 0.337 e. The zero-order chi connectivity index (χ0) is 20.8. The van der Waals surface area contributed by atoms with Crippen molar-refractivity contribution in [2.45, 2.75) is 4.90 Å². The van der Waals surface area contributed by atoms with Crippen molar-refractivity contribution in [2.75, 3.05) is 18.7 Å². The van der Waals surface area contributed by atoms with Gasteiger partial charge in [-0.1, -0.05) is 11.3 Å². The topological polar surface area (TPSA) is 116 Å². The van der Waals surface area contributed by atoms with E-state index in [1.807, 2.05) is 0 Å². The summed E-state index contributed by atoms with van der Waals surface area (Å²) >= 11 is 1.14. The molecule has 0 fully saturated rings. The van der Waals surface area contributed by atoms with Gasteiger partial charge < -0.3 is 9.15 Å². The number of thiazole rings is 1. The fraction of sp³-hybridized carbons (Fsp3) is 0.105. The summed E-state index contributed by atoms with van der Waals surface area (Å²) in [5.41, 5.74) is 0.247. The molecule has 2 heterocycles. The number of sulfone groups is 1. The number of amides is 1. The van der Waals surface area contributed by atoms with Crippen LogP contribution in [0, 0.1) is 0 Å². The molecule has 0 bridgehead atoms.